The standard InChI is InChI=1S/C26H35N5O6S/c1-17(2)31-24(20-10-8-19(9-11-20)15-29-27)13-21(37-31)14-25(32)28-16-23(26(33)36-4)30-38(34,35)22-7-5-6-18(3)12-22/h5-12,15,17,21,23-24,30H,13-14,16,27H2,1-4H3,(H,28,32)/t21-,23-,24+/m0/s1. The number of nitrogens with one attached hydrogen (secondary N) is 2. The smallest absolute Gasteiger partial charge is 0.325 e. The quantitative estimate of drug-likeness (QED) is 0.167. The van der Waals surface area contributed by atoms with Crippen molar-refractivity contribution in [3.8, 4) is 0 Å². The Kier molecular flexibility index (Phi) is 9.97. The van der Waals surface area contributed by atoms with Gasteiger partial charge in [-0.15, -0.1) is 0 Å². The average molecular weight is 546 g/mol. The van der Waals surface area contributed by atoms with Crippen LogP contribution in [0.2, 0.25) is 0 Å². The summed E-state index contributed by atoms with van der Waals surface area (Å²) in [5, 5.41) is 8.05. The van der Waals surface area contributed by atoms with Crippen molar-refractivity contribution in [2.24, 2.45) is 10.9 Å². The molecule has 1 saturated heterocycles. The lowest BCUT2D eigenvalue weighted by Crippen LogP contribution is -2.49. The van der Waals surface area contributed by atoms with Gasteiger partial charge in [0.2, 0.25) is 15.9 Å². The molecule has 1 heterocycles. The fourth-order valence-corrected chi connectivity index (χ4v) is 5.55. The highest BCUT2D eigenvalue weighted by Gasteiger charge is 2.37. The molecule has 206 valence electrons. The lowest BCUT2D eigenvalue weighted by molar-refractivity contribution is -0.185. The number of hydrogen-bond donors (Lipinski definition) is 3. The first-order chi connectivity index (χ1) is 18.0. The first kappa shape index (κ1) is 29.2. The zero-order valence-corrected chi connectivity index (χ0v) is 22.8. The van der Waals surface area contributed by atoms with Crippen molar-refractivity contribution < 1.29 is 27.6 Å². The molecule has 3 atom stereocenters. The highest BCUT2D eigenvalue weighted by Crippen LogP contribution is 2.36. The van der Waals surface area contributed by atoms with E-state index in [1.54, 1.807) is 25.3 Å². The van der Waals surface area contributed by atoms with Crippen molar-refractivity contribution in [2.75, 3.05) is 13.7 Å². The van der Waals surface area contributed by atoms with E-state index in [1.165, 1.54) is 12.1 Å². The number of methoxy groups -OCH3 is 1. The predicted molar refractivity (Wildman–Crippen MR) is 142 cm³/mol. The maximum atomic E-state index is 12.8. The third kappa shape index (κ3) is 7.60. The van der Waals surface area contributed by atoms with Gasteiger partial charge in [0.1, 0.15) is 6.04 Å². The van der Waals surface area contributed by atoms with Crippen molar-refractivity contribution in [3.63, 3.8) is 0 Å². The van der Waals surface area contributed by atoms with Crippen LogP contribution in [0.15, 0.2) is 58.5 Å². The maximum Gasteiger partial charge on any atom is 0.325 e. The van der Waals surface area contributed by atoms with Gasteiger partial charge in [0, 0.05) is 12.6 Å². The number of hydroxylamine groups is 2. The van der Waals surface area contributed by atoms with Gasteiger partial charge in [-0.25, -0.2) is 8.42 Å². The van der Waals surface area contributed by atoms with Gasteiger partial charge in [0.25, 0.3) is 0 Å². The lowest BCUT2D eigenvalue weighted by atomic mass is 9.98. The Morgan fingerprint density at radius 3 is 2.55 bits per heavy atom. The highest BCUT2D eigenvalue weighted by molar-refractivity contribution is 7.89. The molecular weight excluding hydrogens is 510 g/mol. The number of aryl methyl sites for hydroxylation is 1. The number of esters is 1. The van der Waals surface area contributed by atoms with Crippen molar-refractivity contribution in [2.45, 2.75) is 62.7 Å². The molecule has 3 rings (SSSR count). The normalized spacial score (nSPS) is 19.1. The van der Waals surface area contributed by atoms with E-state index in [1.807, 2.05) is 43.2 Å². The SMILES string of the molecule is COC(=O)[C@H](CNC(=O)C[C@@H]1C[C@H](c2ccc(C=NN)cc2)N(C(C)C)O1)NS(=O)(=O)c1cccc(C)c1. The van der Waals surface area contributed by atoms with Gasteiger partial charge in [-0.2, -0.15) is 14.9 Å². The summed E-state index contributed by atoms with van der Waals surface area (Å²) >= 11 is 0. The number of hydrazone groups is 1. The number of carbonyl (C=O) groups excluding carboxylic acids is 2. The van der Waals surface area contributed by atoms with Crippen LogP contribution in [0.25, 0.3) is 0 Å². The molecule has 1 aliphatic rings. The van der Waals surface area contributed by atoms with E-state index in [-0.39, 0.29) is 35.9 Å². The number of benzene rings is 2. The number of sulfonamides is 1. The molecule has 12 heteroatoms. The molecule has 0 bridgehead atoms. The summed E-state index contributed by atoms with van der Waals surface area (Å²) in [4.78, 5) is 31.1. The molecule has 0 unspecified atom stereocenters. The summed E-state index contributed by atoms with van der Waals surface area (Å²) in [7, 11) is -2.86. The number of nitrogens with two attached hydrogens (primary N) is 1. The van der Waals surface area contributed by atoms with E-state index >= 15 is 0 Å². The van der Waals surface area contributed by atoms with Gasteiger partial charge in [-0.1, -0.05) is 36.4 Å². The number of amides is 1. The van der Waals surface area contributed by atoms with Gasteiger partial charge in [-0.3, -0.25) is 14.4 Å². The number of rotatable bonds is 11. The predicted octanol–water partition coefficient (Wildman–Crippen LogP) is 1.77. The number of ether oxygens (including phenoxy) is 1. The fourth-order valence-electron chi connectivity index (χ4n) is 4.27. The van der Waals surface area contributed by atoms with Crippen LogP contribution in [0.1, 0.15) is 49.4 Å². The van der Waals surface area contributed by atoms with Crippen LogP contribution >= 0.6 is 0 Å². The Morgan fingerprint density at radius 2 is 1.95 bits per heavy atom. The molecule has 2 aromatic rings. The second-order valence-electron chi connectivity index (χ2n) is 9.40. The van der Waals surface area contributed by atoms with Gasteiger partial charge in [0.05, 0.1) is 36.8 Å². The summed E-state index contributed by atoms with van der Waals surface area (Å²) in [6.45, 7) is 5.50. The van der Waals surface area contributed by atoms with Crippen LogP contribution in [0.4, 0.5) is 0 Å². The first-order valence-electron chi connectivity index (χ1n) is 12.3. The Hall–Kier alpha value is -3.32. The number of nitrogens with zero attached hydrogens (tertiary/aromatic N) is 2. The third-order valence-corrected chi connectivity index (χ3v) is 7.59. The summed E-state index contributed by atoms with van der Waals surface area (Å²) in [5.74, 6) is 4.03. The Labute approximate surface area is 223 Å². The summed E-state index contributed by atoms with van der Waals surface area (Å²) < 4.78 is 32.7. The zero-order chi connectivity index (χ0) is 27.9. The van der Waals surface area contributed by atoms with E-state index in [2.05, 4.69) is 15.1 Å². The minimum Gasteiger partial charge on any atom is -0.468 e. The Morgan fingerprint density at radius 1 is 1.24 bits per heavy atom. The van der Waals surface area contributed by atoms with E-state index < -0.39 is 28.1 Å². The minimum atomic E-state index is -4.02. The van der Waals surface area contributed by atoms with E-state index in [4.69, 9.17) is 15.4 Å². The molecule has 4 N–H and O–H groups in total. The van der Waals surface area contributed by atoms with Gasteiger partial charge in [-0.05, 0) is 56.0 Å². The molecule has 2 aromatic carbocycles. The molecule has 0 aromatic heterocycles. The second kappa shape index (κ2) is 13.0. The molecule has 38 heavy (non-hydrogen) atoms. The fraction of sp³-hybridized carbons (Fsp3) is 0.423. The zero-order valence-electron chi connectivity index (χ0n) is 22.0. The molecule has 0 aliphatic carbocycles. The molecule has 1 aliphatic heterocycles. The van der Waals surface area contributed by atoms with Gasteiger partial charge >= 0.3 is 5.97 Å². The molecule has 1 amide bonds. The number of carbonyl (C=O) groups is 2. The van der Waals surface area contributed by atoms with Gasteiger partial charge < -0.3 is 15.9 Å². The molecule has 0 spiro atoms. The molecule has 0 radical (unpaired) electrons. The van der Waals surface area contributed by atoms with Crippen LogP contribution in [0.3, 0.4) is 0 Å². The van der Waals surface area contributed by atoms with Crippen LogP contribution in [-0.4, -0.2) is 63.4 Å². The molecule has 11 nitrogen and oxygen atoms in total. The molecule has 1 fully saturated rings. The highest BCUT2D eigenvalue weighted by atomic mass is 32.2. The summed E-state index contributed by atoms with van der Waals surface area (Å²) in [6, 6.07) is 12.8. The van der Waals surface area contributed by atoms with Crippen molar-refractivity contribution in [1.29, 1.82) is 0 Å². The topological polar surface area (TPSA) is 152 Å². The van der Waals surface area contributed by atoms with E-state index in [0.717, 1.165) is 23.8 Å². The van der Waals surface area contributed by atoms with Gasteiger partial charge in [0.15, 0.2) is 0 Å². The van der Waals surface area contributed by atoms with E-state index in [0.29, 0.717) is 6.42 Å². The van der Waals surface area contributed by atoms with E-state index in [9.17, 15) is 18.0 Å². The van der Waals surface area contributed by atoms with Crippen LogP contribution in [-0.2, 0) is 29.2 Å². The lowest BCUT2D eigenvalue weighted by Gasteiger charge is -2.26. The molecule has 0 saturated carbocycles. The van der Waals surface area contributed by atoms with Crippen molar-refractivity contribution in [3.05, 3.63) is 65.2 Å². The van der Waals surface area contributed by atoms with Crippen molar-refractivity contribution >= 4 is 28.1 Å². The molecular formula is C26H35N5O6S. The van der Waals surface area contributed by atoms with Crippen LogP contribution in [0, 0.1) is 6.92 Å². The second-order valence-corrected chi connectivity index (χ2v) is 11.1. The summed E-state index contributed by atoms with van der Waals surface area (Å²) in [6.07, 6.45) is 1.78. The Balaban J connectivity index is 1.62. The monoisotopic (exact) mass is 545 g/mol. The maximum absolute atomic E-state index is 12.8. The van der Waals surface area contributed by atoms with Crippen LogP contribution in [0.5, 0.6) is 0 Å². The largest absolute Gasteiger partial charge is 0.468 e. The Bertz CT molecular complexity index is 1250. The minimum absolute atomic E-state index is 0.0141. The first-order valence-corrected chi connectivity index (χ1v) is 13.7. The third-order valence-electron chi connectivity index (χ3n) is 6.12. The number of hydrogen-bond acceptors (Lipinski definition) is 9. The average Bonchev–Trinajstić information content (AvgIpc) is 3.30. The summed E-state index contributed by atoms with van der Waals surface area (Å²) in [5.41, 5.74) is 2.66. The van der Waals surface area contributed by atoms with Crippen LogP contribution < -0.4 is 15.9 Å². The van der Waals surface area contributed by atoms with Crippen molar-refractivity contribution in [1.82, 2.24) is 15.1 Å².